The molecule has 12 heteroatoms. The molecule has 0 saturated heterocycles. The van der Waals surface area contributed by atoms with Crippen LogP contribution < -0.4 is 14.2 Å². The van der Waals surface area contributed by atoms with Crippen LogP contribution in [0.15, 0.2) is 69.1 Å². The molecule has 1 N–H and O–H groups in total. The first-order valence-electron chi connectivity index (χ1n) is 10.8. The Hall–Kier alpha value is -2.93. The van der Waals surface area contributed by atoms with Crippen molar-refractivity contribution in [2.75, 3.05) is 14.2 Å². The lowest BCUT2D eigenvalue weighted by Crippen LogP contribution is -2.01. The maximum absolute atomic E-state index is 12.0. The Balaban J connectivity index is 1.58. The molecule has 0 aliphatic rings. The Morgan fingerprint density at radius 1 is 1.08 bits per heavy atom. The summed E-state index contributed by atoms with van der Waals surface area (Å²) in [4.78, 5) is 12.0. The molecule has 4 rings (SSSR count). The number of methoxy groups -OCH3 is 2. The fourth-order valence-electron chi connectivity index (χ4n) is 3.32. The average Bonchev–Trinajstić information content (AvgIpc) is 3.36. The van der Waals surface area contributed by atoms with Gasteiger partial charge in [-0.05, 0) is 82.4 Å². The molecule has 8 nitrogen and oxygen atoms in total. The van der Waals surface area contributed by atoms with Gasteiger partial charge >= 0.3 is 5.97 Å². The van der Waals surface area contributed by atoms with Crippen LogP contribution in [0, 0.1) is 3.57 Å². The molecule has 0 fully saturated rings. The van der Waals surface area contributed by atoms with Crippen LogP contribution in [0.25, 0.3) is 17.5 Å². The van der Waals surface area contributed by atoms with E-state index in [4.69, 9.17) is 41.8 Å². The van der Waals surface area contributed by atoms with Gasteiger partial charge in [-0.2, -0.15) is 0 Å². The van der Waals surface area contributed by atoms with Gasteiger partial charge in [-0.3, -0.25) is 0 Å². The van der Waals surface area contributed by atoms with Crippen LogP contribution in [0.2, 0.25) is 10.0 Å². The Morgan fingerprint density at radius 3 is 2.55 bits per heavy atom. The van der Waals surface area contributed by atoms with Crippen molar-refractivity contribution < 1.29 is 28.5 Å². The van der Waals surface area contributed by atoms with Gasteiger partial charge in [0.2, 0.25) is 0 Å². The number of ether oxygens (including phenoxy) is 3. The van der Waals surface area contributed by atoms with E-state index in [-0.39, 0.29) is 22.6 Å². The highest BCUT2D eigenvalue weighted by molar-refractivity contribution is 14.1. The summed E-state index contributed by atoms with van der Waals surface area (Å²) in [5, 5.41) is 18.9. The first-order chi connectivity index (χ1) is 18.3. The Labute approximate surface area is 246 Å². The number of carbonyl (C=O) groups is 1. The number of rotatable bonds is 10. The van der Waals surface area contributed by atoms with E-state index in [1.165, 1.54) is 20.3 Å². The summed E-state index contributed by atoms with van der Waals surface area (Å²) in [6, 6.07) is 15.8. The molecular formula is C26H19Cl2IN2O6S. The van der Waals surface area contributed by atoms with E-state index in [1.807, 2.05) is 18.2 Å². The quantitative estimate of drug-likeness (QED) is 0.104. The maximum atomic E-state index is 12.0. The Kier molecular flexibility index (Phi) is 9.42. The van der Waals surface area contributed by atoms with Crippen molar-refractivity contribution in [2.45, 2.75) is 11.8 Å². The summed E-state index contributed by atoms with van der Waals surface area (Å²) in [6.07, 6.45) is 1.49. The monoisotopic (exact) mass is 684 g/mol. The predicted molar refractivity (Wildman–Crippen MR) is 154 cm³/mol. The second kappa shape index (κ2) is 12.7. The fourth-order valence-corrected chi connectivity index (χ4v) is 5.13. The van der Waals surface area contributed by atoms with Gasteiger partial charge in [0.1, 0.15) is 17.3 Å². The van der Waals surface area contributed by atoms with E-state index in [9.17, 15) is 9.90 Å². The second-order valence-electron chi connectivity index (χ2n) is 7.55. The molecule has 0 amide bonds. The van der Waals surface area contributed by atoms with Crippen molar-refractivity contribution in [2.24, 2.45) is 0 Å². The van der Waals surface area contributed by atoms with Gasteiger partial charge in [-0.15, -0.1) is 10.2 Å². The van der Waals surface area contributed by atoms with Crippen LogP contribution in [-0.2, 0) is 11.4 Å². The number of halogens is 3. The van der Waals surface area contributed by atoms with Gasteiger partial charge in [0.15, 0.2) is 11.5 Å². The topological polar surface area (TPSA) is 104 Å². The lowest BCUT2D eigenvalue weighted by molar-refractivity contribution is -0.131. The minimum atomic E-state index is -1.16. The lowest BCUT2D eigenvalue weighted by atomic mass is 10.2. The third-order valence-corrected chi connectivity index (χ3v) is 7.34. The molecular weight excluding hydrogens is 666 g/mol. The van der Waals surface area contributed by atoms with E-state index in [0.717, 1.165) is 20.9 Å². The molecule has 0 saturated carbocycles. The Morgan fingerprint density at radius 2 is 1.84 bits per heavy atom. The van der Waals surface area contributed by atoms with Gasteiger partial charge in [0.05, 0.1) is 23.4 Å². The largest absolute Gasteiger partial charge is 0.496 e. The molecule has 0 radical (unpaired) electrons. The third kappa shape index (κ3) is 6.73. The van der Waals surface area contributed by atoms with Crippen LogP contribution in [0.5, 0.6) is 17.2 Å². The fraction of sp³-hybridized carbons (Fsp3) is 0.115. The van der Waals surface area contributed by atoms with Crippen molar-refractivity contribution in [3.05, 3.63) is 84.2 Å². The first kappa shape index (κ1) is 28.1. The van der Waals surface area contributed by atoms with E-state index in [0.29, 0.717) is 38.4 Å². The highest BCUT2D eigenvalue weighted by Gasteiger charge is 2.19. The van der Waals surface area contributed by atoms with Gasteiger partial charge in [-0.1, -0.05) is 41.4 Å². The summed E-state index contributed by atoms with van der Waals surface area (Å²) in [5.74, 6) is 0.433. The van der Waals surface area contributed by atoms with Gasteiger partial charge in [0.25, 0.3) is 11.1 Å². The number of hydrogen-bond donors (Lipinski definition) is 1. The number of thioether (sulfide) groups is 1. The normalized spacial score (nSPS) is 11.3. The summed E-state index contributed by atoms with van der Waals surface area (Å²) >= 11 is 15.2. The molecule has 0 aliphatic carbocycles. The minimum Gasteiger partial charge on any atom is -0.496 e. The highest BCUT2D eigenvalue weighted by Crippen LogP contribution is 2.38. The molecule has 3 aromatic carbocycles. The average molecular weight is 685 g/mol. The second-order valence-corrected chi connectivity index (χ2v) is 10.5. The van der Waals surface area contributed by atoms with E-state index >= 15 is 0 Å². The predicted octanol–water partition coefficient (Wildman–Crippen LogP) is 7.46. The third-order valence-electron chi connectivity index (χ3n) is 5.09. The van der Waals surface area contributed by atoms with Crippen LogP contribution in [0.1, 0.15) is 11.1 Å². The molecule has 38 heavy (non-hydrogen) atoms. The number of hydrogen-bond acceptors (Lipinski definition) is 8. The molecule has 4 aromatic rings. The number of aromatic nitrogens is 2. The van der Waals surface area contributed by atoms with Crippen molar-refractivity contribution in [1.29, 1.82) is 0 Å². The highest BCUT2D eigenvalue weighted by atomic mass is 127. The molecule has 0 atom stereocenters. The zero-order chi connectivity index (χ0) is 27.2. The van der Waals surface area contributed by atoms with E-state index in [1.54, 1.807) is 36.4 Å². The SMILES string of the molecule is COc1ccc(Cl)cc1-c1nnc(S/C(=C\c2cc(I)c(OCc3ccccc3Cl)c(OC)c2)C(=O)O)o1. The van der Waals surface area contributed by atoms with Crippen LogP contribution in [-0.4, -0.2) is 35.5 Å². The van der Waals surface area contributed by atoms with Gasteiger partial charge in [-0.25, -0.2) is 4.79 Å². The number of aliphatic carboxylic acids is 1. The van der Waals surface area contributed by atoms with Crippen molar-refractivity contribution >= 4 is 69.6 Å². The first-order valence-corrected chi connectivity index (χ1v) is 13.5. The van der Waals surface area contributed by atoms with Crippen LogP contribution in [0.3, 0.4) is 0 Å². The van der Waals surface area contributed by atoms with E-state index < -0.39 is 5.97 Å². The summed E-state index contributed by atoms with van der Waals surface area (Å²) in [7, 11) is 3.02. The smallest absolute Gasteiger partial charge is 0.342 e. The molecule has 0 aliphatic heterocycles. The van der Waals surface area contributed by atoms with Crippen molar-refractivity contribution in [1.82, 2.24) is 10.2 Å². The van der Waals surface area contributed by atoms with E-state index in [2.05, 4.69) is 32.8 Å². The van der Waals surface area contributed by atoms with Gasteiger partial charge < -0.3 is 23.7 Å². The minimum absolute atomic E-state index is 0.0389. The summed E-state index contributed by atoms with van der Waals surface area (Å²) in [6.45, 7) is 0.244. The number of carboxylic acid groups (broad SMARTS) is 1. The standard InChI is InChI=1S/C26H19Cl2IN2O6S/c1-34-20-8-7-16(27)12-17(20)24-30-31-26(37-24)38-22(25(32)33)11-14-9-19(29)23(21(10-14)35-2)36-13-15-5-3-4-6-18(15)28/h3-12H,13H2,1-2H3,(H,32,33)/b22-11-. The number of carboxylic acids is 1. The Bertz CT molecular complexity index is 1510. The lowest BCUT2D eigenvalue weighted by Gasteiger charge is -2.14. The van der Waals surface area contributed by atoms with Crippen molar-refractivity contribution in [3.8, 4) is 28.7 Å². The van der Waals surface area contributed by atoms with Gasteiger partial charge in [0, 0.05) is 15.6 Å². The number of nitrogens with zero attached hydrogens (tertiary/aromatic N) is 2. The van der Waals surface area contributed by atoms with Crippen LogP contribution >= 0.6 is 57.6 Å². The molecule has 0 unspecified atom stereocenters. The zero-order valence-corrected chi connectivity index (χ0v) is 24.4. The molecule has 1 aromatic heterocycles. The molecule has 1 heterocycles. The molecule has 196 valence electrons. The zero-order valence-electron chi connectivity index (χ0n) is 19.9. The molecule has 0 spiro atoms. The number of benzene rings is 3. The molecule has 0 bridgehead atoms. The summed E-state index contributed by atoms with van der Waals surface area (Å²) in [5.41, 5.74) is 1.90. The summed E-state index contributed by atoms with van der Waals surface area (Å²) < 4.78 is 23.3. The van der Waals surface area contributed by atoms with Crippen LogP contribution in [0.4, 0.5) is 0 Å². The van der Waals surface area contributed by atoms with Crippen molar-refractivity contribution in [3.63, 3.8) is 0 Å². The maximum Gasteiger partial charge on any atom is 0.342 e.